The number of anilines is 1. The SMILES string of the molecule is CCn1c(NC(=O)c2oc(C)nc2C)nc2cc(Cl)ccc21. The molecule has 3 rings (SSSR count). The number of carbonyl (C=O) groups excluding carboxylic acids is 1. The van der Waals surface area contributed by atoms with Gasteiger partial charge in [-0.15, -0.1) is 0 Å². The van der Waals surface area contributed by atoms with Crippen LogP contribution in [0.1, 0.15) is 29.1 Å². The number of oxazole rings is 1. The summed E-state index contributed by atoms with van der Waals surface area (Å²) in [5.74, 6) is 0.746. The van der Waals surface area contributed by atoms with E-state index in [-0.39, 0.29) is 11.7 Å². The van der Waals surface area contributed by atoms with Gasteiger partial charge in [-0.05, 0) is 32.0 Å². The first-order chi connectivity index (χ1) is 10.5. The molecule has 114 valence electrons. The van der Waals surface area contributed by atoms with Crippen molar-refractivity contribution in [3.8, 4) is 0 Å². The summed E-state index contributed by atoms with van der Waals surface area (Å²) < 4.78 is 7.24. The van der Waals surface area contributed by atoms with E-state index in [2.05, 4.69) is 15.3 Å². The van der Waals surface area contributed by atoms with Gasteiger partial charge in [0, 0.05) is 18.5 Å². The molecule has 0 bridgehead atoms. The van der Waals surface area contributed by atoms with Crippen LogP contribution in [0.5, 0.6) is 0 Å². The van der Waals surface area contributed by atoms with E-state index in [0.717, 1.165) is 11.0 Å². The lowest BCUT2D eigenvalue weighted by molar-refractivity contribution is 0.0993. The van der Waals surface area contributed by atoms with Crippen molar-refractivity contribution in [3.05, 3.63) is 40.6 Å². The number of imidazole rings is 1. The summed E-state index contributed by atoms with van der Waals surface area (Å²) in [6.07, 6.45) is 0. The number of nitrogens with zero attached hydrogens (tertiary/aromatic N) is 3. The van der Waals surface area contributed by atoms with Crippen LogP contribution >= 0.6 is 11.6 Å². The minimum atomic E-state index is -0.366. The number of hydrogen-bond acceptors (Lipinski definition) is 4. The van der Waals surface area contributed by atoms with Gasteiger partial charge in [0.2, 0.25) is 11.7 Å². The molecule has 2 heterocycles. The standard InChI is InChI=1S/C15H15ClN4O2/c1-4-20-12-6-5-10(16)7-11(12)18-15(20)19-14(21)13-8(2)17-9(3)22-13/h5-7H,4H2,1-3H3,(H,18,19,21). The molecule has 0 atom stereocenters. The molecule has 0 saturated heterocycles. The maximum Gasteiger partial charge on any atom is 0.295 e. The minimum Gasteiger partial charge on any atom is -0.436 e. The fourth-order valence-electron chi connectivity index (χ4n) is 2.42. The monoisotopic (exact) mass is 318 g/mol. The van der Waals surface area contributed by atoms with Crippen LogP contribution in [0.15, 0.2) is 22.6 Å². The van der Waals surface area contributed by atoms with Crippen molar-refractivity contribution in [1.82, 2.24) is 14.5 Å². The van der Waals surface area contributed by atoms with E-state index < -0.39 is 0 Å². The fraction of sp³-hybridized carbons (Fsp3) is 0.267. The topological polar surface area (TPSA) is 73.0 Å². The molecule has 0 fully saturated rings. The second-order valence-corrected chi connectivity index (χ2v) is 5.35. The zero-order valence-corrected chi connectivity index (χ0v) is 13.2. The normalized spacial score (nSPS) is 11.1. The Bertz CT molecular complexity index is 866. The molecule has 0 spiro atoms. The number of benzene rings is 1. The minimum absolute atomic E-state index is 0.199. The first-order valence-corrected chi connectivity index (χ1v) is 7.28. The highest BCUT2D eigenvalue weighted by atomic mass is 35.5. The van der Waals surface area contributed by atoms with Gasteiger partial charge in [-0.25, -0.2) is 9.97 Å². The highest BCUT2D eigenvalue weighted by molar-refractivity contribution is 6.31. The Kier molecular flexibility index (Phi) is 3.62. The van der Waals surface area contributed by atoms with Crippen molar-refractivity contribution in [2.24, 2.45) is 0 Å². The number of fused-ring (bicyclic) bond motifs is 1. The molecule has 0 aliphatic carbocycles. The first kappa shape index (κ1) is 14.6. The third-order valence-corrected chi connectivity index (χ3v) is 3.60. The fourth-order valence-corrected chi connectivity index (χ4v) is 2.59. The van der Waals surface area contributed by atoms with Crippen molar-refractivity contribution in [2.75, 3.05) is 5.32 Å². The molecule has 0 unspecified atom stereocenters. The number of nitrogens with one attached hydrogen (secondary N) is 1. The van der Waals surface area contributed by atoms with E-state index in [4.69, 9.17) is 16.0 Å². The van der Waals surface area contributed by atoms with Gasteiger partial charge in [-0.3, -0.25) is 10.1 Å². The predicted molar refractivity (Wildman–Crippen MR) is 84.3 cm³/mol. The lowest BCUT2D eigenvalue weighted by atomic mass is 10.3. The van der Waals surface area contributed by atoms with Crippen molar-refractivity contribution in [2.45, 2.75) is 27.3 Å². The number of aromatic nitrogens is 3. The van der Waals surface area contributed by atoms with Crippen molar-refractivity contribution < 1.29 is 9.21 Å². The van der Waals surface area contributed by atoms with Crippen LogP contribution in [0.25, 0.3) is 11.0 Å². The van der Waals surface area contributed by atoms with E-state index >= 15 is 0 Å². The second-order valence-electron chi connectivity index (χ2n) is 4.91. The zero-order valence-electron chi connectivity index (χ0n) is 12.5. The van der Waals surface area contributed by atoms with E-state index in [9.17, 15) is 4.79 Å². The third kappa shape index (κ3) is 2.46. The van der Waals surface area contributed by atoms with Gasteiger partial charge >= 0.3 is 0 Å². The van der Waals surface area contributed by atoms with Gasteiger partial charge in [0.05, 0.1) is 16.7 Å². The molecular weight excluding hydrogens is 304 g/mol. The van der Waals surface area contributed by atoms with E-state index in [0.29, 0.717) is 29.1 Å². The summed E-state index contributed by atoms with van der Waals surface area (Å²) in [4.78, 5) is 20.9. The Balaban J connectivity index is 1.99. The average molecular weight is 319 g/mol. The van der Waals surface area contributed by atoms with Crippen LogP contribution in [0.4, 0.5) is 5.95 Å². The van der Waals surface area contributed by atoms with E-state index in [1.54, 1.807) is 26.0 Å². The molecular formula is C15H15ClN4O2. The number of amides is 1. The number of halogens is 1. The Labute approximate surface area is 132 Å². The lowest BCUT2D eigenvalue weighted by Gasteiger charge is -2.06. The maximum absolute atomic E-state index is 12.3. The average Bonchev–Trinajstić information content (AvgIpc) is 2.97. The molecule has 6 nitrogen and oxygen atoms in total. The quantitative estimate of drug-likeness (QED) is 0.801. The van der Waals surface area contributed by atoms with Crippen LogP contribution in [0.3, 0.4) is 0 Å². The Hall–Kier alpha value is -2.34. The summed E-state index contributed by atoms with van der Waals surface area (Å²) >= 11 is 5.99. The Morgan fingerprint density at radius 2 is 2.14 bits per heavy atom. The smallest absolute Gasteiger partial charge is 0.295 e. The van der Waals surface area contributed by atoms with Gasteiger partial charge in [-0.2, -0.15) is 0 Å². The van der Waals surface area contributed by atoms with Crippen LogP contribution in [0, 0.1) is 13.8 Å². The summed E-state index contributed by atoms with van der Waals surface area (Å²) in [5.41, 5.74) is 2.19. The Morgan fingerprint density at radius 3 is 2.77 bits per heavy atom. The molecule has 1 amide bonds. The van der Waals surface area contributed by atoms with Crippen molar-refractivity contribution in [1.29, 1.82) is 0 Å². The van der Waals surface area contributed by atoms with E-state index in [1.807, 2.05) is 17.6 Å². The van der Waals surface area contributed by atoms with Crippen LogP contribution in [-0.4, -0.2) is 20.4 Å². The number of hydrogen-bond donors (Lipinski definition) is 1. The molecule has 0 aliphatic heterocycles. The van der Waals surface area contributed by atoms with Gasteiger partial charge < -0.3 is 8.98 Å². The highest BCUT2D eigenvalue weighted by Gasteiger charge is 2.19. The molecule has 0 aliphatic rings. The molecule has 3 aromatic rings. The predicted octanol–water partition coefficient (Wildman–Crippen LogP) is 3.57. The van der Waals surface area contributed by atoms with Gasteiger partial charge in [0.25, 0.3) is 5.91 Å². The highest BCUT2D eigenvalue weighted by Crippen LogP contribution is 2.23. The van der Waals surface area contributed by atoms with Crippen molar-refractivity contribution in [3.63, 3.8) is 0 Å². The molecule has 1 aromatic carbocycles. The molecule has 0 radical (unpaired) electrons. The first-order valence-electron chi connectivity index (χ1n) is 6.90. The second kappa shape index (κ2) is 5.46. The molecule has 2 aromatic heterocycles. The van der Waals surface area contributed by atoms with Crippen LogP contribution in [0.2, 0.25) is 5.02 Å². The lowest BCUT2D eigenvalue weighted by Crippen LogP contribution is -2.16. The largest absolute Gasteiger partial charge is 0.436 e. The zero-order chi connectivity index (χ0) is 15.9. The third-order valence-electron chi connectivity index (χ3n) is 3.36. The molecule has 22 heavy (non-hydrogen) atoms. The van der Waals surface area contributed by atoms with Gasteiger partial charge in [-0.1, -0.05) is 11.6 Å². The summed E-state index contributed by atoms with van der Waals surface area (Å²) in [7, 11) is 0. The van der Waals surface area contributed by atoms with Gasteiger partial charge in [0.15, 0.2) is 5.89 Å². The molecule has 0 saturated carbocycles. The van der Waals surface area contributed by atoms with Crippen molar-refractivity contribution >= 4 is 34.5 Å². The summed E-state index contributed by atoms with van der Waals surface area (Å²) in [6.45, 7) is 6.08. The summed E-state index contributed by atoms with van der Waals surface area (Å²) in [5, 5.41) is 3.38. The summed E-state index contributed by atoms with van der Waals surface area (Å²) in [6, 6.07) is 5.45. The van der Waals surface area contributed by atoms with E-state index in [1.165, 1.54) is 0 Å². The van der Waals surface area contributed by atoms with Crippen LogP contribution in [-0.2, 0) is 6.54 Å². The van der Waals surface area contributed by atoms with Gasteiger partial charge in [0.1, 0.15) is 0 Å². The number of carbonyl (C=O) groups is 1. The number of rotatable bonds is 3. The molecule has 7 heteroatoms. The molecule has 1 N–H and O–H groups in total. The van der Waals surface area contributed by atoms with Crippen LogP contribution < -0.4 is 5.32 Å². The maximum atomic E-state index is 12.3. The number of aryl methyl sites for hydroxylation is 3. The Morgan fingerprint density at radius 1 is 1.36 bits per heavy atom.